The van der Waals surface area contributed by atoms with Crippen molar-refractivity contribution >= 4 is 11.8 Å². The van der Waals surface area contributed by atoms with Gasteiger partial charge in [-0.15, -0.1) is 0 Å². The maximum absolute atomic E-state index is 5.96. The lowest BCUT2D eigenvalue weighted by atomic mass is 10.1. The van der Waals surface area contributed by atoms with E-state index in [1.165, 1.54) is 5.56 Å². The van der Waals surface area contributed by atoms with Crippen LogP contribution in [0, 0.1) is 6.92 Å². The molecule has 0 aliphatic rings. The summed E-state index contributed by atoms with van der Waals surface area (Å²) in [5.74, 6) is 0. The zero-order valence-electron chi connectivity index (χ0n) is 11.3. The Kier molecular flexibility index (Phi) is 4.93. The molecule has 2 aromatic rings. The summed E-state index contributed by atoms with van der Waals surface area (Å²) in [7, 11) is 0. The van der Waals surface area contributed by atoms with Crippen LogP contribution in [0.3, 0.4) is 0 Å². The molecule has 0 aliphatic carbocycles. The van der Waals surface area contributed by atoms with E-state index < -0.39 is 0 Å². The van der Waals surface area contributed by atoms with Crippen LogP contribution >= 0.6 is 11.8 Å². The van der Waals surface area contributed by atoms with Gasteiger partial charge in [-0.25, -0.2) is 9.97 Å². The van der Waals surface area contributed by atoms with Gasteiger partial charge in [0.05, 0.1) is 0 Å². The van der Waals surface area contributed by atoms with Gasteiger partial charge in [-0.05, 0) is 54.8 Å². The maximum Gasteiger partial charge on any atom is 0.192 e. The quantitative estimate of drug-likeness (QED) is 0.850. The molecule has 1 aromatic heterocycles. The Hall–Kier alpha value is -1.39. The summed E-state index contributed by atoms with van der Waals surface area (Å²) < 4.78 is 0. The number of hydrogen-bond donors (Lipinski definition) is 1. The summed E-state index contributed by atoms with van der Waals surface area (Å²) in [5, 5.41) is 0.781. The predicted octanol–water partition coefficient (Wildman–Crippen LogP) is 3.22. The third-order valence-corrected chi connectivity index (χ3v) is 3.81. The second kappa shape index (κ2) is 6.68. The van der Waals surface area contributed by atoms with E-state index in [0.29, 0.717) is 0 Å². The number of aryl methyl sites for hydroxylation is 1. The molecule has 0 saturated carbocycles. The predicted molar refractivity (Wildman–Crippen MR) is 79.3 cm³/mol. The highest BCUT2D eigenvalue weighted by molar-refractivity contribution is 7.99. The molecule has 0 spiro atoms. The molecule has 1 unspecified atom stereocenters. The van der Waals surface area contributed by atoms with Crippen LogP contribution < -0.4 is 5.73 Å². The molecular formula is C15H19N3S. The van der Waals surface area contributed by atoms with Crippen molar-refractivity contribution in [1.29, 1.82) is 0 Å². The fourth-order valence-electron chi connectivity index (χ4n) is 1.68. The maximum atomic E-state index is 5.96. The molecule has 2 rings (SSSR count). The highest BCUT2D eigenvalue weighted by Crippen LogP contribution is 2.24. The third-order valence-electron chi connectivity index (χ3n) is 2.91. The molecule has 3 nitrogen and oxygen atoms in total. The zero-order valence-corrected chi connectivity index (χ0v) is 12.2. The van der Waals surface area contributed by atoms with E-state index in [4.69, 9.17) is 5.73 Å². The number of hydrogen-bond acceptors (Lipinski definition) is 4. The van der Waals surface area contributed by atoms with Gasteiger partial charge in [-0.3, -0.25) is 0 Å². The molecule has 0 saturated heterocycles. The molecular weight excluding hydrogens is 254 g/mol. The van der Waals surface area contributed by atoms with E-state index >= 15 is 0 Å². The molecule has 0 fully saturated rings. The van der Waals surface area contributed by atoms with Crippen LogP contribution in [0.5, 0.6) is 0 Å². The monoisotopic (exact) mass is 273 g/mol. The second-order valence-corrected chi connectivity index (χ2v) is 5.70. The average Bonchev–Trinajstić information content (AvgIpc) is 2.43. The Morgan fingerprint density at radius 1 is 1.16 bits per heavy atom. The lowest BCUT2D eigenvalue weighted by molar-refractivity contribution is 0.646. The van der Waals surface area contributed by atoms with Gasteiger partial charge >= 0.3 is 0 Å². The standard InChI is InChI=1S/C15H19N3S/c1-3-13(16)8-12-4-6-14(7-5-12)19-15-17-9-11(2)10-18-15/h4-7,9-10,13H,3,8,16H2,1-2H3. The Morgan fingerprint density at radius 2 is 1.79 bits per heavy atom. The number of nitrogens with two attached hydrogens (primary N) is 1. The number of aromatic nitrogens is 2. The molecule has 1 heterocycles. The van der Waals surface area contributed by atoms with Gasteiger partial charge in [0.15, 0.2) is 5.16 Å². The molecule has 2 N–H and O–H groups in total. The van der Waals surface area contributed by atoms with Crippen LogP contribution in [0.1, 0.15) is 24.5 Å². The molecule has 4 heteroatoms. The minimum atomic E-state index is 0.249. The number of benzene rings is 1. The summed E-state index contributed by atoms with van der Waals surface area (Å²) in [6, 6.07) is 8.72. The van der Waals surface area contributed by atoms with Crippen LogP contribution in [-0.2, 0) is 6.42 Å². The average molecular weight is 273 g/mol. The minimum absolute atomic E-state index is 0.249. The first-order chi connectivity index (χ1) is 9.17. The van der Waals surface area contributed by atoms with Crippen molar-refractivity contribution in [3.63, 3.8) is 0 Å². The molecule has 0 radical (unpaired) electrons. The molecule has 100 valence electrons. The lowest BCUT2D eigenvalue weighted by Crippen LogP contribution is -2.21. The van der Waals surface area contributed by atoms with Crippen LogP contribution in [0.2, 0.25) is 0 Å². The van der Waals surface area contributed by atoms with Gasteiger partial charge in [-0.2, -0.15) is 0 Å². The first-order valence-electron chi connectivity index (χ1n) is 6.48. The molecule has 19 heavy (non-hydrogen) atoms. The van der Waals surface area contributed by atoms with Gasteiger partial charge in [0.2, 0.25) is 0 Å². The molecule has 1 atom stereocenters. The van der Waals surface area contributed by atoms with Crippen LogP contribution in [-0.4, -0.2) is 16.0 Å². The number of rotatable bonds is 5. The van der Waals surface area contributed by atoms with Crippen LogP contribution in [0.15, 0.2) is 46.7 Å². The van der Waals surface area contributed by atoms with Crippen molar-refractivity contribution in [1.82, 2.24) is 9.97 Å². The Labute approximate surface area is 118 Å². The Morgan fingerprint density at radius 3 is 2.37 bits per heavy atom. The van der Waals surface area contributed by atoms with Gasteiger partial charge in [0.25, 0.3) is 0 Å². The van der Waals surface area contributed by atoms with E-state index in [9.17, 15) is 0 Å². The molecule has 0 aliphatic heterocycles. The minimum Gasteiger partial charge on any atom is -0.327 e. The van der Waals surface area contributed by atoms with Gasteiger partial charge in [0.1, 0.15) is 0 Å². The van der Waals surface area contributed by atoms with Crippen molar-refractivity contribution in [2.75, 3.05) is 0 Å². The smallest absolute Gasteiger partial charge is 0.192 e. The topological polar surface area (TPSA) is 51.8 Å². The van der Waals surface area contributed by atoms with Crippen molar-refractivity contribution < 1.29 is 0 Å². The lowest BCUT2D eigenvalue weighted by Gasteiger charge is -2.08. The van der Waals surface area contributed by atoms with Crippen molar-refractivity contribution in [2.24, 2.45) is 5.73 Å². The van der Waals surface area contributed by atoms with E-state index in [-0.39, 0.29) is 6.04 Å². The normalized spacial score (nSPS) is 12.4. The fraction of sp³-hybridized carbons (Fsp3) is 0.333. The van der Waals surface area contributed by atoms with E-state index in [2.05, 4.69) is 41.2 Å². The number of nitrogens with zero attached hydrogens (tertiary/aromatic N) is 2. The third kappa shape index (κ3) is 4.33. The first-order valence-corrected chi connectivity index (χ1v) is 7.30. The zero-order chi connectivity index (χ0) is 13.7. The summed E-state index contributed by atoms with van der Waals surface area (Å²) in [5.41, 5.74) is 8.31. The van der Waals surface area contributed by atoms with E-state index in [1.54, 1.807) is 11.8 Å². The SMILES string of the molecule is CCC(N)Cc1ccc(Sc2ncc(C)cn2)cc1. The Balaban J connectivity index is 2.00. The summed E-state index contributed by atoms with van der Waals surface area (Å²) in [6.07, 6.45) is 5.62. The van der Waals surface area contributed by atoms with Crippen LogP contribution in [0.25, 0.3) is 0 Å². The Bertz CT molecular complexity index is 508. The molecule has 0 amide bonds. The molecule has 1 aromatic carbocycles. The fourth-order valence-corrected chi connectivity index (χ4v) is 2.37. The van der Waals surface area contributed by atoms with Crippen molar-refractivity contribution in [3.8, 4) is 0 Å². The van der Waals surface area contributed by atoms with Crippen molar-refractivity contribution in [2.45, 2.75) is 42.8 Å². The highest BCUT2D eigenvalue weighted by Gasteiger charge is 2.03. The summed E-state index contributed by atoms with van der Waals surface area (Å²) >= 11 is 1.58. The second-order valence-electron chi connectivity index (χ2n) is 4.66. The van der Waals surface area contributed by atoms with Crippen LogP contribution in [0.4, 0.5) is 0 Å². The van der Waals surface area contributed by atoms with Gasteiger partial charge in [0, 0.05) is 23.3 Å². The van der Waals surface area contributed by atoms with Gasteiger partial charge in [-0.1, -0.05) is 19.1 Å². The molecule has 0 bridgehead atoms. The van der Waals surface area contributed by atoms with E-state index in [1.807, 2.05) is 19.3 Å². The largest absolute Gasteiger partial charge is 0.327 e. The first kappa shape index (κ1) is 14.0. The summed E-state index contributed by atoms with van der Waals surface area (Å²) in [6.45, 7) is 4.10. The highest BCUT2D eigenvalue weighted by atomic mass is 32.2. The van der Waals surface area contributed by atoms with E-state index in [0.717, 1.165) is 28.5 Å². The van der Waals surface area contributed by atoms with Gasteiger partial charge < -0.3 is 5.73 Å². The van der Waals surface area contributed by atoms with Crippen molar-refractivity contribution in [3.05, 3.63) is 47.8 Å². The summed E-state index contributed by atoms with van der Waals surface area (Å²) in [4.78, 5) is 9.73.